The molecule has 0 saturated heterocycles. The minimum atomic E-state index is 0.684. The van der Waals surface area contributed by atoms with Crippen LogP contribution in [0.15, 0.2) is 18.2 Å². The van der Waals surface area contributed by atoms with E-state index in [0.717, 1.165) is 35.6 Å². The van der Waals surface area contributed by atoms with E-state index in [1.54, 1.807) is 0 Å². The van der Waals surface area contributed by atoms with Gasteiger partial charge < -0.3 is 14.8 Å². The number of hydrogen-bond acceptors (Lipinski definition) is 3. The number of hydrogen-bond donors (Lipinski definition) is 1. The lowest BCUT2D eigenvalue weighted by Gasteiger charge is -2.27. The van der Waals surface area contributed by atoms with E-state index in [-0.39, 0.29) is 0 Å². The first-order chi connectivity index (χ1) is 10.2. The fourth-order valence-corrected chi connectivity index (χ4v) is 3.18. The summed E-state index contributed by atoms with van der Waals surface area (Å²) in [5.41, 5.74) is 1.06. The summed E-state index contributed by atoms with van der Waals surface area (Å²) in [6.07, 6.45) is 5.43. The quantitative estimate of drug-likeness (QED) is 0.788. The molecule has 1 aliphatic rings. The average Bonchev–Trinajstić information content (AvgIpc) is 2.48. The third-order valence-electron chi connectivity index (χ3n) is 4.19. The van der Waals surface area contributed by atoms with E-state index in [9.17, 15) is 0 Å². The summed E-state index contributed by atoms with van der Waals surface area (Å²) in [7, 11) is 0. The third kappa shape index (κ3) is 4.83. The standard InChI is InChI=1S/C18H29NO2/c1-4-20-16-9-10-18(21-5-2)17(12-16)19-13-15-8-6-7-14(3)11-15/h9-10,12,14-15,19H,4-8,11,13H2,1-3H3. The fourth-order valence-electron chi connectivity index (χ4n) is 3.18. The van der Waals surface area contributed by atoms with Gasteiger partial charge in [0.15, 0.2) is 0 Å². The Hall–Kier alpha value is -1.38. The molecule has 0 amide bonds. The summed E-state index contributed by atoms with van der Waals surface area (Å²) in [4.78, 5) is 0. The van der Waals surface area contributed by atoms with Crippen molar-refractivity contribution in [3.8, 4) is 11.5 Å². The maximum Gasteiger partial charge on any atom is 0.142 e. The van der Waals surface area contributed by atoms with Gasteiger partial charge in [-0.25, -0.2) is 0 Å². The molecule has 0 heterocycles. The SMILES string of the molecule is CCOc1ccc(OCC)c(NCC2CCCC(C)C2)c1. The molecule has 1 N–H and O–H groups in total. The maximum atomic E-state index is 5.71. The molecule has 1 aromatic carbocycles. The lowest BCUT2D eigenvalue weighted by Crippen LogP contribution is -2.21. The number of nitrogens with one attached hydrogen (secondary N) is 1. The van der Waals surface area contributed by atoms with E-state index in [0.29, 0.717) is 13.2 Å². The molecule has 0 aromatic heterocycles. The molecule has 118 valence electrons. The van der Waals surface area contributed by atoms with Crippen LogP contribution in [0.1, 0.15) is 46.5 Å². The van der Waals surface area contributed by atoms with Gasteiger partial charge in [0, 0.05) is 12.6 Å². The van der Waals surface area contributed by atoms with Crippen molar-refractivity contribution in [2.75, 3.05) is 25.1 Å². The Bertz CT molecular complexity index is 433. The zero-order chi connectivity index (χ0) is 15.1. The molecule has 3 heteroatoms. The monoisotopic (exact) mass is 291 g/mol. The molecule has 1 fully saturated rings. The zero-order valence-corrected chi connectivity index (χ0v) is 13.7. The van der Waals surface area contributed by atoms with Crippen molar-refractivity contribution in [1.82, 2.24) is 0 Å². The lowest BCUT2D eigenvalue weighted by molar-refractivity contribution is 0.293. The summed E-state index contributed by atoms with van der Waals surface area (Å²) < 4.78 is 11.3. The Balaban J connectivity index is 2.00. The van der Waals surface area contributed by atoms with Crippen LogP contribution in [0.4, 0.5) is 5.69 Å². The Labute approximate surface area is 129 Å². The molecular formula is C18H29NO2. The van der Waals surface area contributed by atoms with Gasteiger partial charge in [-0.2, -0.15) is 0 Å². The number of benzene rings is 1. The van der Waals surface area contributed by atoms with Gasteiger partial charge in [-0.15, -0.1) is 0 Å². The van der Waals surface area contributed by atoms with Crippen LogP contribution in [0, 0.1) is 11.8 Å². The predicted molar refractivity (Wildman–Crippen MR) is 88.4 cm³/mol. The molecule has 2 atom stereocenters. The molecule has 1 aliphatic carbocycles. The summed E-state index contributed by atoms with van der Waals surface area (Å²) in [6, 6.07) is 6.03. The normalized spacial score (nSPS) is 21.9. The first kappa shape index (κ1) is 16.0. The van der Waals surface area contributed by atoms with Crippen molar-refractivity contribution in [3.05, 3.63) is 18.2 Å². The van der Waals surface area contributed by atoms with Crippen LogP contribution in [-0.2, 0) is 0 Å². The Kier molecular flexibility index (Phi) is 6.21. The van der Waals surface area contributed by atoms with Crippen LogP contribution in [0.5, 0.6) is 11.5 Å². The predicted octanol–water partition coefficient (Wildman–Crippen LogP) is 4.72. The lowest BCUT2D eigenvalue weighted by atomic mass is 9.82. The first-order valence-corrected chi connectivity index (χ1v) is 8.36. The van der Waals surface area contributed by atoms with Crippen molar-refractivity contribution in [2.45, 2.75) is 46.5 Å². The Morgan fingerprint density at radius 3 is 2.67 bits per heavy atom. The molecule has 0 spiro atoms. The summed E-state index contributed by atoms with van der Waals surface area (Å²) in [5.74, 6) is 3.47. The molecule has 0 bridgehead atoms. The second kappa shape index (κ2) is 8.16. The molecule has 2 rings (SSSR count). The van der Waals surface area contributed by atoms with Gasteiger partial charge in [0.1, 0.15) is 11.5 Å². The maximum absolute atomic E-state index is 5.71. The van der Waals surface area contributed by atoms with Gasteiger partial charge >= 0.3 is 0 Å². The van der Waals surface area contributed by atoms with Crippen LogP contribution in [0.3, 0.4) is 0 Å². The zero-order valence-electron chi connectivity index (χ0n) is 13.7. The van der Waals surface area contributed by atoms with Crippen LogP contribution < -0.4 is 14.8 Å². The molecule has 0 radical (unpaired) electrons. The minimum absolute atomic E-state index is 0.684. The smallest absolute Gasteiger partial charge is 0.142 e. The first-order valence-electron chi connectivity index (χ1n) is 8.36. The minimum Gasteiger partial charge on any atom is -0.494 e. The molecule has 0 aliphatic heterocycles. The Morgan fingerprint density at radius 1 is 1.14 bits per heavy atom. The van der Waals surface area contributed by atoms with Gasteiger partial charge in [0.2, 0.25) is 0 Å². The van der Waals surface area contributed by atoms with Crippen molar-refractivity contribution < 1.29 is 9.47 Å². The van der Waals surface area contributed by atoms with E-state index in [1.807, 2.05) is 26.0 Å². The highest BCUT2D eigenvalue weighted by Crippen LogP contribution is 2.32. The van der Waals surface area contributed by atoms with Crippen LogP contribution in [0.2, 0.25) is 0 Å². The highest BCUT2D eigenvalue weighted by atomic mass is 16.5. The molecule has 1 aromatic rings. The summed E-state index contributed by atoms with van der Waals surface area (Å²) >= 11 is 0. The van der Waals surface area contributed by atoms with Crippen molar-refractivity contribution >= 4 is 5.69 Å². The van der Waals surface area contributed by atoms with Gasteiger partial charge in [-0.05, 0) is 50.7 Å². The molecular weight excluding hydrogens is 262 g/mol. The van der Waals surface area contributed by atoms with E-state index >= 15 is 0 Å². The number of ether oxygens (including phenoxy) is 2. The van der Waals surface area contributed by atoms with Gasteiger partial charge in [0.05, 0.1) is 18.9 Å². The van der Waals surface area contributed by atoms with Crippen LogP contribution >= 0.6 is 0 Å². The van der Waals surface area contributed by atoms with Crippen molar-refractivity contribution in [1.29, 1.82) is 0 Å². The number of rotatable bonds is 7. The van der Waals surface area contributed by atoms with Gasteiger partial charge in [-0.1, -0.05) is 19.8 Å². The largest absolute Gasteiger partial charge is 0.494 e. The number of anilines is 1. The molecule has 2 unspecified atom stereocenters. The van der Waals surface area contributed by atoms with Crippen LogP contribution in [-0.4, -0.2) is 19.8 Å². The van der Waals surface area contributed by atoms with E-state index in [4.69, 9.17) is 9.47 Å². The third-order valence-corrected chi connectivity index (χ3v) is 4.19. The highest BCUT2D eigenvalue weighted by molar-refractivity contribution is 5.59. The van der Waals surface area contributed by atoms with Gasteiger partial charge in [0.25, 0.3) is 0 Å². The van der Waals surface area contributed by atoms with Crippen molar-refractivity contribution in [3.63, 3.8) is 0 Å². The summed E-state index contributed by atoms with van der Waals surface area (Å²) in [5, 5.41) is 3.58. The average molecular weight is 291 g/mol. The van der Waals surface area contributed by atoms with Crippen molar-refractivity contribution in [2.24, 2.45) is 11.8 Å². The van der Waals surface area contributed by atoms with Crippen LogP contribution in [0.25, 0.3) is 0 Å². The highest BCUT2D eigenvalue weighted by Gasteiger charge is 2.19. The molecule has 1 saturated carbocycles. The topological polar surface area (TPSA) is 30.5 Å². The fraction of sp³-hybridized carbons (Fsp3) is 0.667. The second-order valence-corrected chi connectivity index (χ2v) is 6.04. The molecule has 21 heavy (non-hydrogen) atoms. The second-order valence-electron chi connectivity index (χ2n) is 6.04. The van der Waals surface area contributed by atoms with E-state index in [1.165, 1.54) is 25.7 Å². The van der Waals surface area contributed by atoms with E-state index < -0.39 is 0 Å². The summed E-state index contributed by atoms with van der Waals surface area (Å²) in [6.45, 7) is 8.79. The molecule has 3 nitrogen and oxygen atoms in total. The Morgan fingerprint density at radius 2 is 1.95 bits per heavy atom. The van der Waals surface area contributed by atoms with Gasteiger partial charge in [-0.3, -0.25) is 0 Å². The van der Waals surface area contributed by atoms with E-state index in [2.05, 4.69) is 18.3 Å².